The normalized spacial score (nSPS) is 8.89. The second-order valence-corrected chi connectivity index (χ2v) is 3.88. The van der Waals surface area contributed by atoms with E-state index in [1.165, 1.54) is 0 Å². The van der Waals surface area contributed by atoms with E-state index in [4.69, 9.17) is 0 Å². The number of halogens is 1. The topological polar surface area (TPSA) is 20.9 Å². The Labute approximate surface area is 123 Å². The first-order valence-corrected chi connectivity index (χ1v) is 5.81. The quantitative estimate of drug-likeness (QED) is 0.414. The van der Waals surface area contributed by atoms with Crippen molar-refractivity contribution < 1.29 is 26.3 Å². The Morgan fingerprint density at radius 1 is 1.11 bits per heavy atom. The van der Waals surface area contributed by atoms with E-state index in [0.29, 0.717) is 6.54 Å². The Morgan fingerprint density at radius 3 is 2.47 bits per heavy atom. The minimum absolute atomic E-state index is 0. The van der Waals surface area contributed by atoms with Crippen LogP contribution in [-0.4, -0.2) is 5.78 Å². The first-order chi connectivity index (χ1) is 8.81. The Balaban J connectivity index is 0.00000180. The van der Waals surface area contributed by atoms with Crippen LogP contribution >= 0.6 is 0 Å². The van der Waals surface area contributed by atoms with Gasteiger partial charge in [-0.05, 0) is 13.0 Å². The van der Waals surface area contributed by atoms with E-state index in [-0.39, 0.29) is 22.8 Å². The van der Waals surface area contributed by atoms with E-state index >= 15 is 0 Å². The molecule has 96 valence electrons. The SMILES string of the molecule is CC#Cc1cccc[n+]1CC(=O)c1ccccc1.[Br-]. The zero-order chi connectivity index (χ0) is 12.8. The van der Waals surface area contributed by atoms with Crippen LogP contribution in [0.4, 0.5) is 0 Å². The van der Waals surface area contributed by atoms with Crippen LogP contribution in [0.5, 0.6) is 0 Å². The molecule has 0 fully saturated rings. The molecule has 3 heteroatoms. The fraction of sp³-hybridized carbons (Fsp3) is 0.125. The van der Waals surface area contributed by atoms with Crippen LogP contribution in [0.2, 0.25) is 0 Å². The molecule has 0 atom stereocenters. The van der Waals surface area contributed by atoms with Crippen LogP contribution in [0.3, 0.4) is 0 Å². The number of rotatable bonds is 3. The summed E-state index contributed by atoms with van der Waals surface area (Å²) in [6, 6.07) is 15.0. The fourth-order valence-corrected chi connectivity index (χ4v) is 1.73. The van der Waals surface area contributed by atoms with Crippen molar-refractivity contribution in [2.45, 2.75) is 13.5 Å². The monoisotopic (exact) mass is 315 g/mol. The van der Waals surface area contributed by atoms with Crippen molar-refractivity contribution in [2.24, 2.45) is 0 Å². The van der Waals surface area contributed by atoms with Gasteiger partial charge >= 0.3 is 0 Å². The molecule has 2 nitrogen and oxygen atoms in total. The van der Waals surface area contributed by atoms with Crippen LogP contribution in [0.1, 0.15) is 23.0 Å². The van der Waals surface area contributed by atoms with E-state index < -0.39 is 0 Å². The number of hydrogen-bond acceptors (Lipinski definition) is 1. The molecule has 19 heavy (non-hydrogen) atoms. The molecule has 0 aliphatic heterocycles. The standard InChI is InChI=1S/C16H14NO.BrH/c1-2-8-15-11-6-7-12-17(15)13-16(18)14-9-4-3-5-10-14;/h3-7,9-12H,13H2,1H3;1H/q+1;/p-1. The lowest BCUT2D eigenvalue weighted by atomic mass is 10.1. The summed E-state index contributed by atoms with van der Waals surface area (Å²) >= 11 is 0. The Bertz CT molecular complexity index is 611. The molecule has 1 heterocycles. The second kappa shape index (κ2) is 7.50. The Morgan fingerprint density at radius 2 is 1.79 bits per heavy atom. The molecular weight excluding hydrogens is 302 g/mol. The van der Waals surface area contributed by atoms with Gasteiger partial charge in [-0.1, -0.05) is 36.3 Å². The molecule has 1 aromatic heterocycles. The summed E-state index contributed by atoms with van der Waals surface area (Å²) in [5.41, 5.74) is 1.58. The number of nitrogens with zero attached hydrogens (tertiary/aromatic N) is 1. The minimum Gasteiger partial charge on any atom is -1.00 e. The molecule has 0 amide bonds. The molecule has 2 rings (SSSR count). The summed E-state index contributed by atoms with van der Waals surface area (Å²) in [5, 5.41) is 0. The number of carbonyl (C=O) groups is 1. The highest BCUT2D eigenvalue weighted by molar-refractivity contribution is 5.94. The van der Waals surface area contributed by atoms with Crippen molar-refractivity contribution in [3.8, 4) is 11.8 Å². The van der Waals surface area contributed by atoms with Gasteiger partial charge in [-0.15, -0.1) is 0 Å². The summed E-state index contributed by atoms with van der Waals surface area (Å²) in [5.74, 6) is 5.94. The maximum Gasteiger partial charge on any atom is 0.257 e. The van der Waals surface area contributed by atoms with Crippen LogP contribution in [0, 0.1) is 11.8 Å². The highest BCUT2D eigenvalue weighted by Gasteiger charge is 2.14. The van der Waals surface area contributed by atoms with Gasteiger partial charge in [0.1, 0.15) is 0 Å². The predicted octanol–water partition coefficient (Wildman–Crippen LogP) is -0.768. The van der Waals surface area contributed by atoms with Crippen LogP contribution in [0.15, 0.2) is 54.7 Å². The maximum absolute atomic E-state index is 12.1. The molecule has 0 unspecified atom stereocenters. The van der Waals surface area contributed by atoms with E-state index in [0.717, 1.165) is 11.3 Å². The van der Waals surface area contributed by atoms with Crippen molar-refractivity contribution in [3.05, 3.63) is 66.0 Å². The average Bonchev–Trinajstić information content (AvgIpc) is 2.42. The zero-order valence-electron chi connectivity index (χ0n) is 10.6. The van der Waals surface area contributed by atoms with Crippen molar-refractivity contribution >= 4 is 5.78 Å². The molecule has 0 bridgehead atoms. The van der Waals surface area contributed by atoms with Gasteiger partial charge < -0.3 is 17.0 Å². The van der Waals surface area contributed by atoms with E-state index in [1.807, 2.05) is 59.3 Å². The lowest BCUT2D eigenvalue weighted by Gasteiger charge is -1.99. The van der Waals surface area contributed by atoms with E-state index in [9.17, 15) is 4.79 Å². The van der Waals surface area contributed by atoms with Gasteiger partial charge in [0.15, 0.2) is 6.20 Å². The van der Waals surface area contributed by atoms with Gasteiger partial charge in [-0.25, -0.2) is 0 Å². The summed E-state index contributed by atoms with van der Waals surface area (Å²) in [4.78, 5) is 12.1. The van der Waals surface area contributed by atoms with Gasteiger partial charge in [0, 0.05) is 23.6 Å². The predicted molar refractivity (Wildman–Crippen MR) is 70.0 cm³/mol. The summed E-state index contributed by atoms with van der Waals surface area (Å²) in [6.07, 6.45) is 1.88. The number of aromatic nitrogens is 1. The molecule has 2 aromatic rings. The number of Topliss-reactive ketones (excluding diaryl/α,β-unsaturated/α-hetero) is 1. The fourth-order valence-electron chi connectivity index (χ4n) is 1.73. The van der Waals surface area contributed by atoms with Gasteiger partial charge in [0.05, 0.1) is 0 Å². The molecule has 0 N–H and O–H groups in total. The highest BCUT2D eigenvalue weighted by atomic mass is 79.9. The first kappa shape index (κ1) is 15.1. The number of pyridine rings is 1. The Kier molecular flexibility index (Phi) is 5.98. The van der Waals surface area contributed by atoms with Gasteiger partial charge in [0.25, 0.3) is 5.69 Å². The van der Waals surface area contributed by atoms with Crippen molar-refractivity contribution in [2.75, 3.05) is 0 Å². The van der Waals surface area contributed by atoms with Gasteiger partial charge in [-0.2, -0.15) is 4.57 Å². The van der Waals surface area contributed by atoms with Crippen LogP contribution in [0.25, 0.3) is 0 Å². The van der Waals surface area contributed by atoms with Crippen LogP contribution < -0.4 is 21.5 Å². The van der Waals surface area contributed by atoms with Crippen molar-refractivity contribution in [1.82, 2.24) is 0 Å². The molecule has 0 spiro atoms. The largest absolute Gasteiger partial charge is 1.00 e. The lowest BCUT2D eigenvalue weighted by Crippen LogP contribution is -3.00. The molecule has 0 saturated carbocycles. The number of hydrogen-bond donors (Lipinski definition) is 0. The third kappa shape index (κ3) is 4.04. The molecular formula is C16H14BrNO. The summed E-state index contributed by atoms with van der Waals surface area (Å²) in [7, 11) is 0. The smallest absolute Gasteiger partial charge is 0.257 e. The lowest BCUT2D eigenvalue weighted by molar-refractivity contribution is -0.685. The molecule has 0 saturated heterocycles. The number of ketones is 1. The van der Waals surface area contributed by atoms with Gasteiger partial charge in [-0.3, -0.25) is 4.79 Å². The number of carbonyl (C=O) groups excluding carboxylic acids is 1. The summed E-state index contributed by atoms with van der Waals surface area (Å²) in [6.45, 7) is 2.10. The molecule has 0 aliphatic carbocycles. The van der Waals surface area contributed by atoms with Crippen molar-refractivity contribution in [3.63, 3.8) is 0 Å². The first-order valence-electron chi connectivity index (χ1n) is 5.81. The molecule has 0 radical (unpaired) electrons. The molecule has 1 aromatic carbocycles. The van der Waals surface area contributed by atoms with Gasteiger partial charge in [0.2, 0.25) is 12.3 Å². The third-order valence-corrected chi connectivity index (χ3v) is 2.60. The Hall–Kier alpha value is -1.92. The third-order valence-electron chi connectivity index (χ3n) is 2.60. The van der Waals surface area contributed by atoms with E-state index in [2.05, 4.69) is 11.8 Å². The maximum atomic E-state index is 12.1. The van der Waals surface area contributed by atoms with E-state index in [1.54, 1.807) is 6.92 Å². The second-order valence-electron chi connectivity index (χ2n) is 3.88. The average molecular weight is 316 g/mol. The summed E-state index contributed by atoms with van der Waals surface area (Å²) < 4.78 is 1.87. The van der Waals surface area contributed by atoms with Crippen molar-refractivity contribution in [1.29, 1.82) is 0 Å². The number of benzene rings is 1. The molecule has 0 aliphatic rings. The van der Waals surface area contributed by atoms with Crippen LogP contribution in [-0.2, 0) is 6.54 Å². The highest BCUT2D eigenvalue weighted by Crippen LogP contribution is 2.00. The zero-order valence-corrected chi connectivity index (χ0v) is 12.2. The minimum atomic E-state index is 0.